The number of aromatic nitrogens is 1. The van der Waals surface area contributed by atoms with Crippen LogP contribution in [0.25, 0.3) is 11.1 Å². The second kappa shape index (κ2) is 3.78. The van der Waals surface area contributed by atoms with Gasteiger partial charge in [-0.15, -0.1) is 11.8 Å². The lowest BCUT2D eigenvalue weighted by atomic mass is 10.1. The predicted molar refractivity (Wildman–Crippen MR) is 75.3 cm³/mol. The van der Waals surface area contributed by atoms with E-state index in [-0.39, 0.29) is 5.75 Å². The van der Waals surface area contributed by atoms with E-state index >= 15 is 0 Å². The van der Waals surface area contributed by atoms with Crippen molar-refractivity contribution in [2.45, 2.75) is 11.3 Å². The Morgan fingerprint density at radius 2 is 1.95 bits per heavy atom. The van der Waals surface area contributed by atoms with Gasteiger partial charge in [-0.1, -0.05) is 6.07 Å². The molecule has 1 aromatic heterocycles. The number of rotatable bonds is 0. The van der Waals surface area contributed by atoms with Gasteiger partial charge in [-0.3, -0.25) is 4.98 Å². The zero-order valence-electron chi connectivity index (χ0n) is 10.1. The van der Waals surface area contributed by atoms with Crippen LogP contribution < -0.4 is 0 Å². The SMILES string of the molecule is Oc1cnc2c(c1)SCC1=C2Cc2ccc(O)cc21. The first kappa shape index (κ1) is 10.9. The summed E-state index contributed by atoms with van der Waals surface area (Å²) in [5.41, 5.74) is 5.85. The Labute approximate surface area is 114 Å². The maximum atomic E-state index is 9.64. The van der Waals surface area contributed by atoms with Gasteiger partial charge in [-0.25, -0.2) is 0 Å². The molecule has 2 aliphatic rings. The third-order valence-electron chi connectivity index (χ3n) is 3.65. The minimum absolute atomic E-state index is 0.212. The normalized spacial score (nSPS) is 16.0. The van der Waals surface area contributed by atoms with E-state index in [0.717, 1.165) is 28.3 Å². The van der Waals surface area contributed by atoms with E-state index in [1.165, 1.54) is 22.9 Å². The molecule has 0 amide bonds. The molecule has 3 nitrogen and oxygen atoms in total. The van der Waals surface area contributed by atoms with Gasteiger partial charge in [0.15, 0.2) is 0 Å². The van der Waals surface area contributed by atoms with E-state index in [1.54, 1.807) is 23.9 Å². The van der Waals surface area contributed by atoms with Gasteiger partial charge < -0.3 is 10.2 Å². The number of hydrogen-bond donors (Lipinski definition) is 2. The Kier molecular flexibility index (Phi) is 2.17. The van der Waals surface area contributed by atoms with Crippen molar-refractivity contribution < 1.29 is 10.2 Å². The van der Waals surface area contributed by atoms with Gasteiger partial charge in [-0.2, -0.15) is 0 Å². The van der Waals surface area contributed by atoms with Gasteiger partial charge in [0.05, 0.1) is 11.9 Å². The number of pyridine rings is 1. The summed E-state index contributed by atoms with van der Waals surface area (Å²) in [5, 5.41) is 19.2. The van der Waals surface area contributed by atoms with Crippen LogP contribution in [0.4, 0.5) is 0 Å². The Bertz CT molecular complexity index is 737. The summed E-state index contributed by atoms with van der Waals surface area (Å²) in [5.74, 6) is 1.38. The molecule has 19 heavy (non-hydrogen) atoms. The molecule has 0 spiro atoms. The van der Waals surface area contributed by atoms with Crippen molar-refractivity contribution in [3.8, 4) is 11.5 Å². The molecule has 0 saturated carbocycles. The number of fused-ring (bicyclic) bond motifs is 4. The Morgan fingerprint density at radius 1 is 1.05 bits per heavy atom. The zero-order valence-corrected chi connectivity index (χ0v) is 10.9. The van der Waals surface area contributed by atoms with E-state index in [0.29, 0.717) is 5.75 Å². The quantitative estimate of drug-likeness (QED) is 0.771. The second-order valence-electron chi connectivity index (χ2n) is 4.80. The first-order chi connectivity index (χ1) is 9.22. The first-order valence-corrected chi connectivity index (χ1v) is 7.07. The number of hydrogen-bond acceptors (Lipinski definition) is 4. The molecule has 0 radical (unpaired) electrons. The van der Waals surface area contributed by atoms with Crippen LogP contribution in [0.3, 0.4) is 0 Å². The third kappa shape index (κ3) is 1.56. The molecule has 4 rings (SSSR count). The lowest BCUT2D eigenvalue weighted by molar-refractivity contribution is 0.470. The molecule has 94 valence electrons. The summed E-state index contributed by atoms with van der Waals surface area (Å²) in [4.78, 5) is 5.41. The molecule has 0 atom stereocenters. The van der Waals surface area contributed by atoms with E-state index in [9.17, 15) is 10.2 Å². The van der Waals surface area contributed by atoms with Crippen LogP contribution in [0.2, 0.25) is 0 Å². The lowest BCUT2D eigenvalue weighted by Crippen LogP contribution is -2.00. The standard InChI is InChI=1S/C15H11NO2S/c17-9-2-1-8-3-12-13(11(8)4-9)7-19-14-5-10(18)6-16-15(12)14/h1-2,4-6,17-18H,3,7H2. The summed E-state index contributed by atoms with van der Waals surface area (Å²) < 4.78 is 0. The summed E-state index contributed by atoms with van der Waals surface area (Å²) >= 11 is 1.69. The average Bonchev–Trinajstić information content (AvgIpc) is 2.76. The van der Waals surface area contributed by atoms with Crippen LogP contribution >= 0.6 is 11.8 Å². The molecule has 0 saturated heterocycles. The van der Waals surface area contributed by atoms with Crippen LogP contribution in [0.1, 0.15) is 16.8 Å². The van der Waals surface area contributed by atoms with Crippen molar-refractivity contribution >= 4 is 22.9 Å². The highest BCUT2D eigenvalue weighted by Crippen LogP contribution is 2.47. The van der Waals surface area contributed by atoms with E-state index < -0.39 is 0 Å². The maximum Gasteiger partial charge on any atom is 0.135 e. The van der Waals surface area contributed by atoms with Crippen molar-refractivity contribution in [2.24, 2.45) is 0 Å². The van der Waals surface area contributed by atoms with Crippen molar-refractivity contribution in [3.05, 3.63) is 47.3 Å². The molecular weight excluding hydrogens is 258 g/mol. The molecule has 2 heterocycles. The Morgan fingerprint density at radius 3 is 2.84 bits per heavy atom. The third-order valence-corrected chi connectivity index (χ3v) is 4.70. The van der Waals surface area contributed by atoms with Gasteiger partial charge in [0.2, 0.25) is 0 Å². The van der Waals surface area contributed by atoms with Crippen molar-refractivity contribution in [3.63, 3.8) is 0 Å². The number of nitrogens with zero attached hydrogens (tertiary/aromatic N) is 1. The lowest BCUT2D eigenvalue weighted by Gasteiger charge is -2.17. The molecule has 0 unspecified atom stereocenters. The van der Waals surface area contributed by atoms with Gasteiger partial charge in [0.25, 0.3) is 0 Å². The predicted octanol–water partition coefficient (Wildman–Crippen LogP) is 3.07. The second-order valence-corrected chi connectivity index (χ2v) is 5.82. The molecule has 0 bridgehead atoms. The Hall–Kier alpha value is -1.94. The highest BCUT2D eigenvalue weighted by molar-refractivity contribution is 7.99. The highest BCUT2D eigenvalue weighted by Gasteiger charge is 2.29. The van der Waals surface area contributed by atoms with Crippen LogP contribution in [-0.2, 0) is 6.42 Å². The molecule has 2 aromatic rings. The summed E-state index contributed by atoms with van der Waals surface area (Å²) in [6.07, 6.45) is 2.35. The fourth-order valence-corrected chi connectivity index (χ4v) is 3.92. The Balaban J connectivity index is 1.91. The van der Waals surface area contributed by atoms with E-state index in [2.05, 4.69) is 4.98 Å². The van der Waals surface area contributed by atoms with E-state index in [1.807, 2.05) is 12.1 Å². The van der Waals surface area contributed by atoms with Crippen LogP contribution in [0, 0.1) is 0 Å². The van der Waals surface area contributed by atoms with Gasteiger partial charge in [0.1, 0.15) is 11.5 Å². The zero-order chi connectivity index (χ0) is 13.0. The molecule has 1 aromatic carbocycles. The molecule has 4 heteroatoms. The van der Waals surface area contributed by atoms with Crippen molar-refractivity contribution in [2.75, 3.05) is 5.75 Å². The van der Waals surface area contributed by atoms with Gasteiger partial charge in [0, 0.05) is 17.1 Å². The number of phenols is 1. The molecule has 1 aliphatic carbocycles. The van der Waals surface area contributed by atoms with Gasteiger partial charge in [-0.05, 0) is 40.5 Å². The largest absolute Gasteiger partial charge is 0.508 e. The maximum absolute atomic E-state index is 9.64. The minimum atomic E-state index is 0.212. The first-order valence-electron chi connectivity index (χ1n) is 6.09. The fourth-order valence-electron chi connectivity index (χ4n) is 2.77. The average molecular weight is 269 g/mol. The number of allylic oxidation sites excluding steroid dienone is 1. The fraction of sp³-hybridized carbons (Fsp3) is 0.133. The number of aromatic hydroxyl groups is 2. The minimum Gasteiger partial charge on any atom is -0.508 e. The summed E-state index contributed by atoms with van der Waals surface area (Å²) in [6, 6.07) is 7.32. The number of benzene rings is 1. The van der Waals surface area contributed by atoms with Crippen LogP contribution in [0.5, 0.6) is 11.5 Å². The molecular formula is C15H11NO2S. The number of phenolic OH excluding ortho intramolecular Hbond substituents is 1. The highest BCUT2D eigenvalue weighted by atomic mass is 32.2. The monoisotopic (exact) mass is 269 g/mol. The summed E-state index contributed by atoms with van der Waals surface area (Å²) in [6.45, 7) is 0. The van der Waals surface area contributed by atoms with E-state index in [4.69, 9.17) is 0 Å². The molecule has 1 aliphatic heterocycles. The van der Waals surface area contributed by atoms with Crippen molar-refractivity contribution in [1.82, 2.24) is 4.98 Å². The topological polar surface area (TPSA) is 53.4 Å². The van der Waals surface area contributed by atoms with Gasteiger partial charge >= 0.3 is 0 Å². The van der Waals surface area contributed by atoms with Crippen molar-refractivity contribution in [1.29, 1.82) is 0 Å². The molecule has 0 fully saturated rings. The summed E-state index contributed by atoms with van der Waals surface area (Å²) in [7, 11) is 0. The van der Waals surface area contributed by atoms with Crippen LogP contribution in [0.15, 0.2) is 35.4 Å². The molecule has 2 N–H and O–H groups in total. The smallest absolute Gasteiger partial charge is 0.135 e. The number of thioether (sulfide) groups is 1. The van der Waals surface area contributed by atoms with Crippen LogP contribution in [-0.4, -0.2) is 20.9 Å².